The maximum atomic E-state index is 13.1. The molecular weight excluding hydrogens is 331 g/mol. The Morgan fingerprint density at radius 3 is 2.38 bits per heavy atom. The summed E-state index contributed by atoms with van der Waals surface area (Å²) in [6, 6.07) is 6.26. The first-order valence-corrected chi connectivity index (χ1v) is 8.64. The summed E-state index contributed by atoms with van der Waals surface area (Å²) in [6.45, 7) is 5.71. The van der Waals surface area contributed by atoms with E-state index in [9.17, 15) is 9.18 Å². The molecule has 0 saturated heterocycles. The molecular formula is C20H27FN4O. The van der Waals surface area contributed by atoms with Crippen molar-refractivity contribution in [3.05, 3.63) is 58.7 Å². The van der Waals surface area contributed by atoms with Crippen molar-refractivity contribution in [1.29, 1.82) is 0 Å². The SMILES string of the molecule is Cc1nn(C)c(C)c1/C=C/C(=O)N(CCN(C)C)Cc1ccc(F)cc1. The Morgan fingerprint density at radius 1 is 1.19 bits per heavy atom. The molecule has 0 unspecified atom stereocenters. The lowest BCUT2D eigenvalue weighted by molar-refractivity contribution is -0.126. The highest BCUT2D eigenvalue weighted by Crippen LogP contribution is 2.14. The van der Waals surface area contributed by atoms with Crippen LogP contribution >= 0.6 is 0 Å². The second-order valence-electron chi connectivity index (χ2n) is 6.73. The van der Waals surface area contributed by atoms with Crippen molar-refractivity contribution < 1.29 is 9.18 Å². The van der Waals surface area contributed by atoms with Crippen LogP contribution < -0.4 is 0 Å². The minimum Gasteiger partial charge on any atom is -0.334 e. The summed E-state index contributed by atoms with van der Waals surface area (Å²) in [4.78, 5) is 16.5. The summed E-state index contributed by atoms with van der Waals surface area (Å²) in [6.07, 6.45) is 3.42. The minimum atomic E-state index is -0.276. The fraction of sp³-hybridized carbons (Fsp3) is 0.400. The summed E-state index contributed by atoms with van der Waals surface area (Å²) < 4.78 is 14.9. The number of amides is 1. The highest BCUT2D eigenvalue weighted by molar-refractivity contribution is 5.92. The molecule has 0 N–H and O–H groups in total. The van der Waals surface area contributed by atoms with E-state index >= 15 is 0 Å². The van der Waals surface area contributed by atoms with Gasteiger partial charge in [0, 0.05) is 44.0 Å². The highest BCUT2D eigenvalue weighted by Gasteiger charge is 2.13. The van der Waals surface area contributed by atoms with Crippen molar-refractivity contribution in [2.75, 3.05) is 27.2 Å². The molecule has 0 atom stereocenters. The predicted molar refractivity (Wildman–Crippen MR) is 102 cm³/mol. The smallest absolute Gasteiger partial charge is 0.246 e. The number of carbonyl (C=O) groups excluding carboxylic acids is 1. The largest absolute Gasteiger partial charge is 0.334 e. The summed E-state index contributed by atoms with van der Waals surface area (Å²) in [5, 5.41) is 4.37. The number of carbonyl (C=O) groups is 1. The Bertz CT molecular complexity index is 778. The van der Waals surface area contributed by atoms with E-state index < -0.39 is 0 Å². The molecule has 0 aliphatic rings. The molecule has 1 aromatic carbocycles. The van der Waals surface area contributed by atoms with Crippen LogP contribution in [0, 0.1) is 19.7 Å². The molecule has 0 aliphatic heterocycles. The number of aromatic nitrogens is 2. The van der Waals surface area contributed by atoms with Crippen LogP contribution in [0.15, 0.2) is 30.3 Å². The lowest BCUT2D eigenvalue weighted by Gasteiger charge is -2.23. The number of halogens is 1. The van der Waals surface area contributed by atoms with Crippen LogP contribution in [0.2, 0.25) is 0 Å². The van der Waals surface area contributed by atoms with Crippen LogP contribution in [-0.2, 0) is 18.4 Å². The molecule has 2 rings (SSSR count). The highest BCUT2D eigenvalue weighted by atomic mass is 19.1. The van der Waals surface area contributed by atoms with E-state index in [-0.39, 0.29) is 11.7 Å². The predicted octanol–water partition coefficient (Wildman–Crippen LogP) is 2.78. The van der Waals surface area contributed by atoms with E-state index in [4.69, 9.17) is 0 Å². The van der Waals surface area contributed by atoms with Gasteiger partial charge in [-0.3, -0.25) is 9.48 Å². The standard InChI is InChI=1S/C20H27FN4O/c1-15-19(16(2)24(5)22-15)10-11-20(26)25(13-12-23(3)4)14-17-6-8-18(21)9-7-17/h6-11H,12-14H2,1-5H3/b11-10+. The van der Waals surface area contributed by atoms with Crippen LogP contribution in [0.4, 0.5) is 4.39 Å². The Kier molecular flexibility index (Phi) is 6.69. The Balaban J connectivity index is 2.16. The number of likely N-dealkylation sites (N-methyl/N-ethyl adjacent to an activating group) is 1. The van der Waals surface area contributed by atoms with Crippen molar-refractivity contribution in [2.24, 2.45) is 7.05 Å². The van der Waals surface area contributed by atoms with Crippen LogP contribution in [0.3, 0.4) is 0 Å². The van der Waals surface area contributed by atoms with Gasteiger partial charge in [-0.1, -0.05) is 12.1 Å². The first-order valence-electron chi connectivity index (χ1n) is 8.64. The van der Waals surface area contributed by atoms with Gasteiger partial charge < -0.3 is 9.80 Å². The van der Waals surface area contributed by atoms with E-state index in [2.05, 4.69) is 5.10 Å². The molecule has 5 nitrogen and oxygen atoms in total. The van der Waals surface area contributed by atoms with Gasteiger partial charge in [-0.25, -0.2) is 4.39 Å². The van der Waals surface area contributed by atoms with Crippen LogP contribution in [-0.4, -0.2) is 52.7 Å². The molecule has 0 fully saturated rings. The first kappa shape index (κ1) is 19.8. The molecule has 0 aliphatic carbocycles. The van der Waals surface area contributed by atoms with Crippen molar-refractivity contribution in [3.63, 3.8) is 0 Å². The average Bonchev–Trinajstić information content (AvgIpc) is 2.83. The number of hydrogen-bond acceptors (Lipinski definition) is 3. The average molecular weight is 358 g/mol. The van der Waals surface area contributed by atoms with E-state index in [1.807, 2.05) is 50.6 Å². The molecule has 6 heteroatoms. The Morgan fingerprint density at radius 2 is 1.85 bits per heavy atom. The van der Waals surface area contributed by atoms with Gasteiger partial charge in [-0.05, 0) is 51.7 Å². The number of hydrogen-bond donors (Lipinski definition) is 0. The lowest BCUT2D eigenvalue weighted by Crippen LogP contribution is -2.35. The van der Waals surface area contributed by atoms with Gasteiger partial charge in [0.1, 0.15) is 5.82 Å². The molecule has 0 saturated carbocycles. The second kappa shape index (κ2) is 8.76. The van der Waals surface area contributed by atoms with E-state index in [0.29, 0.717) is 13.1 Å². The number of nitrogens with zero attached hydrogens (tertiary/aromatic N) is 4. The molecule has 1 aromatic heterocycles. The molecule has 1 amide bonds. The summed E-state index contributed by atoms with van der Waals surface area (Å²) >= 11 is 0. The first-order chi connectivity index (χ1) is 12.3. The fourth-order valence-electron chi connectivity index (χ4n) is 2.69. The molecule has 0 spiro atoms. The van der Waals surface area contributed by atoms with Gasteiger partial charge in [0.2, 0.25) is 5.91 Å². The third kappa shape index (κ3) is 5.26. The summed E-state index contributed by atoms with van der Waals surface area (Å²) in [7, 11) is 5.83. The quantitative estimate of drug-likeness (QED) is 0.715. The monoisotopic (exact) mass is 358 g/mol. The van der Waals surface area contributed by atoms with Crippen molar-refractivity contribution in [2.45, 2.75) is 20.4 Å². The number of rotatable bonds is 7. The molecule has 26 heavy (non-hydrogen) atoms. The second-order valence-corrected chi connectivity index (χ2v) is 6.73. The summed E-state index contributed by atoms with van der Waals surface area (Å²) in [5.41, 5.74) is 3.79. The lowest BCUT2D eigenvalue weighted by atomic mass is 10.1. The molecule has 1 heterocycles. The maximum absolute atomic E-state index is 13.1. The van der Waals surface area contributed by atoms with Crippen molar-refractivity contribution >= 4 is 12.0 Å². The van der Waals surface area contributed by atoms with Crippen LogP contribution in [0.25, 0.3) is 6.08 Å². The fourth-order valence-corrected chi connectivity index (χ4v) is 2.69. The van der Waals surface area contributed by atoms with Gasteiger partial charge in [0.15, 0.2) is 0 Å². The van der Waals surface area contributed by atoms with Crippen molar-refractivity contribution in [3.8, 4) is 0 Å². The van der Waals surface area contributed by atoms with E-state index in [0.717, 1.165) is 29.1 Å². The van der Waals surface area contributed by atoms with Gasteiger partial charge in [0.25, 0.3) is 0 Å². The molecule has 140 valence electrons. The topological polar surface area (TPSA) is 41.4 Å². The Labute approximate surface area is 154 Å². The summed E-state index contributed by atoms with van der Waals surface area (Å²) in [5.74, 6) is -0.346. The van der Waals surface area contributed by atoms with Crippen molar-refractivity contribution in [1.82, 2.24) is 19.6 Å². The zero-order chi connectivity index (χ0) is 19.3. The zero-order valence-electron chi connectivity index (χ0n) is 16.2. The minimum absolute atomic E-state index is 0.0705. The van der Waals surface area contributed by atoms with Crippen LogP contribution in [0.5, 0.6) is 0 Å². The van der Waals surface area contributed by atoms with Gasteiger partial charge in [0.05, 0.1) is 5.69 Å². The van der Waals surface area contributed by atoms with Gasteiger partial charge in [-0.15, -0.1) is 0 Å². The molecule has 2 aromatic rings. The zero-order valence-corrected chi connectivity index (χ0v) is 16.2. The van der Waals surface area contributed by atoms with E-state index in [1.54, 1.807) is 23.1 Å². The van der Waals surface area contributed by atoms with E-state index in [1.165, 1.54) is 12.1 Å². The molecule has 0 bridgehead atoms. The third-order valence-corrected chi connectivity index (χ3v) is 4.37. The normalized spacial score (nSPS) is 11.5. The Hall–Kier alpha value is -2.47. The number of aryl methyl sites for hydroxylation is 2. The number of benzene rings is 1. The van der Waals surface area contributed by atoms with Gasteiger partial charge >= 0.3 is 0 Å². The van der Waals surface area contributed by atoms with Crippen LogP contribution in [0.1, 0.15) is 22.5 Å². The molecule has 0 radical (unpaired) electrons. The van der Waals surface area contributed by atoms with Gasteiger partial charge in [-0.2, -0.15) is 5.10 Å². The maximum Gasteiger partial charge on any atom is 0.246 e. The third-order valence-electron chi connectivity index (χ3n) is 4.37.